The zero-order valence-electron chi connectivity index (χ0n) is 9.02. The summed E-state index contributed by atoms with van der Waals surface area (Å²) in [7, 11) is 0. The summed E-state index contributed by atoms with van der Waals surface area (Å²) in [6.45, 7) is 4.65. The molecule has 0 spiro atoms. The molecular weight excluding hydrogens is 190 g/mol. The van der Waals surface area contributed by atoms with E-state index in [2.05, 4.69) is 16.8 Å². The van der Waals surface area contributed by atoms with E-state index < -0.39 is 0 Å². The summed E-state index contributed by atoms with van der Waals surface area (Å²) >= 11 is 0. The molecular formula is C11H17N3O. The van der Waals surface area contributed by atoms with Gasteiger partial charge in [0.25, 0.3) is 0 Å². The number of nitrogens with zero attached hydrogens (tertiary/aromatic N) is 2. The highest BCUT2D eigenvalue weighted by atomic mass is 16.5. The first kappa shape index (κ1) is 10.2. The van der Waals surface area contributed by atoms with Gasteiger partial charge in [-0.3, -0.25) is 0 Å². The molecule has 1 saturated heterocycles. The van der Waals surface area contributed by atoms with Crippen LogP contribution >= 0.6 is 0 Å². The Morgan fingerprint density at radius 3 is 3.27 bits per heavy atom. The molecule has 4 heteroatoms. The third kappa shape index (κ3) is 2.21. The van der Waals surface area contributed by atoms with Crippen LogP contribution in [0.2, 0.25) is 0 Å². The molecule has 0 saturated carbocycles. The van der Waals surface area contributed by atoms with E-state index in [1.165, 1.54) is 0 Å². The molecule has 82 valence electrons. The van der Waals surface area contributed by atoms with Crippen molar-refractivity contribution in [2.24, 2.45) is 0 Å². The fourth-order valence-corrected chi connectivity index (χ4v) is 1.83. The lowest BCUT2D eigenvalue weighted by Gasteiger charge is -2.33. The van der Waals surface area contributed by atoms with Crippen LogP contribution < -0.4 is 10.6 Å². The molecule has 0 bridgehead atoms. The van der Waals surface area contributed by atoms with Gasteiger partial charge < -0.3 is 15.4 Å². The van der Waals surface area contributed by atoms with Gasteiger partial charge >= 0.3 is 0 Å². The standard InChI is InChI=1S/C11H17N3O/c1-2-9-8-14(6-7-15-9)11-10(12)4-3-5-13-11/h3-5,9H,2,6-8,12H2,1H3. The lowest BCUT2D eigenvalue weighted by molar-refractivity contribution is 0.0382. The maximum atomic E-state index is 5.89. The monoisotopic (exact) mass is 207 g/mol. The number of rotatable bonds is 2. The van der Waals surface area contributed by atoms with Gasteiger partial charge in [0.15, 0.2) is 5.82 Å². The zero-order valence-corrected chi connectivity index (χ0v) is 9.02. The van der Waals surface area contributed by atoms with E-state index in [4.69, 9.17) is 10.5 Å². The first-order chi connectivity index (χ1) is 7.31. The topological polar surface area (TPSA) is 51.4 Å². The number of nitrogen functional groups attached to an aromatic ring is 1. The Labute approximate surface area is 90.0 Å². The predicted molar refractivity (Wildman–Crippen MR) is 60.9 cm³/mol. The van der Waals surface area contributed by atoms with Crippen LogP contribution in [0.5, 0.6) is 0 Å². The van der Waals surface area contributed by atoms with Crippen molar-refractivity contribution in [3.63, 3.8) is 0 Å². The second-order valence-corrected chi connectivity index (χ2v) is 3.76. The van der Waals surface area contributed by atoms with Crippen molar-refractivity contribution in [3.8, 4) is 0 Å². The van der Waals surface area contributed by atoms with Crippen molar-refractivity contribution in [2.75, 3.05) is 30.3 Å². The normalized spacial score (nSPS) is 21.7. The lowest BCUT2D eigenvalue weighted by atomic mass is 10.2. The summed E-state index contributed by atoms with van der Waals surface area (Å²) in [5.74, 6) is 0.888. The maximum Gasteiger partial charge on any atom is 0.151 e. The molecule has 0 amide bonds. The second kappa shape index (κ2) is 4.49. The molecule has 1 aromatic heterocycles. The van der Waals surface area contributed by atoms with Crippen molar-refractivity contribution >= 4 is 11.5 Å². The number of anilines is 2. The van der Waals surface area contributed by atoms with Crippen molar-refractivity contribution in [3.05, 3.63) is 18.3 Å². The largest absolute Gasteiger partial charge is 0.396 e. The highest BCUT2D eigenvalue weighted by Gasteiger charge is 2.20. The molecule has 1 aromatic rings. The molecule has 1 aliphatic heterocycles. The smallest absolute Gasteiger partial charge is 0.151 e. The van der Waals surface area contributed by atoms with Crippen LogP contribution in [0.3, 0.4) is 0 Å². The molecule has 2 N–H and O–H groups in total. The van der Waals surface area contributed by atoms with E-state index in [9.17, 15) is 0 Å². The van der Waals surface area contributed by atoms with Crippen LogP contribution in [-0.2, 0) is 4.74 Å². The Bertz CT molecular complexity index is 329. The Morgan fingerprint density at radius 2 is 2.53 bits per heavy atom. The summed E-state index contributed by atoms with van der Waals surface area (Å²) in [5.41, 5.74) is 6.64. The Kier molecular flexibility index (Phi) is 3.06. The number of hydrogen-bond acceptors (Lipinski definition) is 4. The molecule has 4 nitrogen and oxygen atoms in total. The number of nitrogens with two attached hydrogens (primary N) is 1. The minimum atomic E-state index is 0.306. The molecule has 1 unspecified atom stereocenters. The van der Waals surface area contributed by atoms with Crippen LogP contribution in [-0.4, -0.2) is 30.8 Å². The fraction of sp³-hybridized carbons (Fsp3) is 0.545. The van der Waals surface area contributed by atoms with Gasteiger partial charge in [0.05, 0.1) is 18.4 Å². The summed E-state index contributed by atoms with van der Waals surface area (Å²) in [6.07, 6.45) is 3.12. The highest BCUT2D eigenvalue weighted by molar-refractivity contribution is 5.62. The molecule has 0 aromatic carbocycles. The summed E-state index contributed by atoms with van der Waals surface area (Å²) in [4.78, 5) is 6.52. The van der Waals surface area contributed by atoms with E-state index in [1.807, 2.05) is 12.1 Å². The number of morpholine rings is 1. The maximum absolute atomic E-state index is 5.89. The predicted octanol–water partition coefficient (Wildman–Crippen LogP) is 1.28. The van der Waals surface area contributed by atoms with Gasteiger partial charge in [-0.05, 0) is 18.6 Å². The molecule has 1 fully saturated rings. The Hall–Kier alpha value is -1.29. The van der Waals surface area contributed by atoms with Gasteiger partial charge in [-0.2, -0.15) is 0 Å². The summed E-state index contributed by atoms with van der Waals surface area (Å²) in [5, 5.41) is 0. The van der Waals surface area contributed by atoms with Crippen molar-refractivity contribution < 1.29 is 4.74 Å². The summed E-state index contributed by atoms with van der Waals surface area (Å²) < 4.78 is 5.61. The Balaban J connectivity index is 2.13. The molecule has 0 radical (unpaired) electrons. The third-order valence-corrected chi connectivity index (χ3v) is 2.71. The molecule has 0 aliphatic carbocycles. The van der Waals surface area contributed by atoms with Crippen molar-refractivity contribution in [1.29, 1.82) is 0 Å². The van der Waals surface area contributed by atoms with Crippen LogP contribution in [0.15, 0.2) is 18.3 Å². The number of pyridine rings is 1. The fourth-order valence-electron chi connectivity index (χ4n) is 1.83. The van der Waals surface area contributed by atoms with E-state index in [-0.39, 0.29) is 0 Å². The van der Waals surface area contributed by atoms with Gasteiger partial charge in [0.1, 0.15) is 0 Å². The zero-order chi connectivity index (χ0) is 10.7. The van der Waals surface area contributed by atoms with Crippen LogP contribution in [0, 0.1) is 0 Å². The first-order valence-electron chi connectivity index (χ1n) is 5.38. The second-order valence-electron chi connectivity index (χ2n) is 3.76. The minimum absolute atomic E-state index is 0.306. The van der Waals surface area contributed by atoms with E-state index in [0.717, 1.165) is 37.6 Å². The quantitative estimate of drug-likeness (QED) is 0.793. The van der Waals surface area contributed by atoms with Crippen LogP contribution in [0.25, 0.3) is 0 Å². The number of aromatic nitrogens is 1. The molecule has 15 heavy (non-hydrogen) atoms. The summed E-state index contributed by atoms with van der Waals surface area (Å²) in [6, 6.07) is 3.75. The SMILES string of the molecule is CCC1CN(c2ncccc2N)CCO1. The average Bonchev–Trinajstić information content (AvgIpc) is 2.30. The van der Waals surface area contributed by atoms with Crippen molar-refractivity contribution in [1.82, 2.24) is 4.98 Å². The first-order valence-corrected chi connectivity index (χ1v) is 5.38. The van der Waals surface area contributed by atoms with Crippen LogP contribution in [0.1, 0.15) is 13.3 Å². The van der Waals surface area contributed by atoms with Gasteiger partial charge in [0.2, 0.25) is 0 Å². The van der Waals surface area contributed by atoms with E-state index in [1.54, 1.807) is 6.20 Å². The van der Waals surface area contributed by atoms with Gasteiger partial charge in [-0.1, -0.05) is 6.92 Å². The van der Waals surface area contributed by atoms with Gasteiger partial charge in [-0.15, -0.1) is 0 Å². The van der Waals surface area contributed by atoms with E-state index >= 15 is 0 Å². The van der Waals surface area contributed by atoms with Crippen molar-refractivity contribution in [2.45, 2.75) is 19.4 Å². The molecule has 2 heterocycles. The molecule has 1 atom stereocenters. The molecule has 2 rings (SSSR count). The average molecular weight is 207 g/mol. The van der Waals surface area contributed by atoms with E-state index in [0.29, 0.717) is 6.10 Å². The number of hydrogen-bond donors (Lipinski definition) is 1. The highest BCUT2D eigenvalue weighted by Crippen LogP contribution is 2.21. The molecule has 1 aliphatic rings. The van der Waals surface area contributed by atoms with Crippen LogP contribution in [0.4, 0.5) is 11.5 Å². The minimum Gasteiger partial charge on any atom is -0.396 e. The third-order valence-electron chi connectivity index (χ3n) is 2.71. The van der Waals surface area contributed by atoms with Gasteiger partial charge in [-0.25, -0.2) is 4.98 Å². The Morgan fingerprint density at radius 1 is 1.67 bits per heavy atom. The lowest BCUT2D eigenvalue weighted by Crippen LogP contribution is -2.42. The number of ether oxygens (including phenoxy) is 1. The van der Waals surface area contributed by atoms with Gasteiger partial charge in [0, 0.05) is 19.3 Å².